The molecule has 0 radical (unpaired) electrons. The summed E-state index contributed by atoms with van der Waals surface area (Å²) in [6, 6.07) is -0.591. The number of rotatable bonds is 27. The number of alkyl halides is 12. The second-order valence-electron chi connectivity index (χ2n) is 26.2. The van der Waals surface area contributed by atoms with Crippen LogP contribution in [-0.4, -0.2) is 110 Å². The lowest BCUT2D eigenvalue weighted by atomic mass is 9.88. The van der Waals surface area contributed by atoms with Crippen molar-refractivity contribution in [2.24, 2.45) is 11.8 Å². The molecule has 3 N–H and O–H groups in total. The lowest BCUT2D eigenvalue weighted by molar-refractivity contribution is -0.144. The lowest BCUT2D eigenvalue weighted by Crippen LogP contribution is -2.41. The fraction of sp³-hybridized carbons (Fsp3) is 0.472. The molecule has 104 heavy (non-hydrogen) atoms. The Labute approximate surface area is 589 Å². The number of aliphatic carboxylic acids is 1. The number of likely N-dealkylation sites (N-methyl/N-ethyl adjacent to an activating group) is 2. The third-order valence-corrected chi connectivity index (χ3v) is 17.0. The van der Waals surface area contributed by atoms with Gasteiger partial charge in [0.1, 0.15) is 46.9 Å². The third-order valence-electron chi connectivity index (χ3n) is 17.0. The van der Waals surface area contributed by atoms with Crippen molar-refractivity contribution < 1.29 is 109 Å². The number of esters is 1. The monoisotopic (exact) mass is 1490 g/mol. The van der Waals surface area contributed by atoms with Crippen LogP contribution >= 0.6 is 0 Å². The van der Waals surface area contributed by atoms with Gasteiger partial charge in [0, 0.05) is 59.9 Å². The molecule has 6 rings (SSSR count). The Kier molecular flexibility index (Phi) is 28.7. The standard InChI is InChI=1S/C37H43F8N3O5.C35H39F8N3O5/c1-9-53-30(50)17-26(32-33(38)23(15-25(34(32)39)37(43,44)45)31-20(4)10-11-28(52-8)21(31)5)46-35(51)27(14-19(2)3)48-18-22(12-13-47(6)7)24(16-29(48)49)36(40,41)42;1-17(2)12-25(46-16-20(10-11-45(5)6)22(14-27(46)47)34(38,39)40)33(50)44-24(15-28(48)49)30-31(36)21(13-23(32(30)37)35(41,42)43)29-18(3)8-9-26(51-7)19(29)4/h10-11,15-16,18-19,26-27H,9,12-14,17H2,1-8H3,(H,46,51);8-9,13-14,16-17,24-25H,10-12,15H2,1-7H3,(H,44,50)(H,48,49)/t26-,27?;24-,25?/m00/s1. The number of carbonyl (C=O) groups excluding carboxylic acids is 3. The van der Waals surface area contributed by atoms with Gasteiger partial charge in [0.15, 0.2) is 0 Å². The van der Waals surface area contributed by atoms with Gasteiger partial charge in [0.25, 0.3) is 11.1 Å². The molecule has 0 spiro atoms. The first-order valence-electron chi connectivity index (χ1n) is 32.4. The van der Waals surface area contributed by atoms with Crippen LogP contribution in [0.15, 0.2) is 70.5 Å². The zero-order valence-corrected chi connectivity index (χ0v) is 59.6. The molecule has 0 aliphatic carbocycles. The molecule has 572 valence electrons. The minimum absolute atomic E-state index is 0.0611. The van der Waals surface area contributed by atoms with Crippen molar-refractivity contribution in [2.75, 3.05) is 62.1 Å². The van der Waals surface area contributed by atoms with Crippen LogP contribution in [0.5, 0.6) is 11.5 Å². The molecule has 0 fully saturated rings. The number of pyridine rings is 2. The van der Waals surface area contributed by atoms with Crippen LogP contribution in [0.2, 0.25) is 0 Å². The summed E-state index contributed by atoms with van der Waals surface area (Å²) in [6.45, 7) is 13.7. The van der Waals surface area contributed by atoms with Gasteiger partial charge < -0.3 is 48.9 Å². The minimum Gasteiger partial charge on any atom is -0.496 e. The lowest BCUT2D eigenvalue weighted by Gasteiger charge is -2.28. The third kappa shape index (κ3) is 20.9. The molecule has 0 aliphatic rings. The summed E-state index contributed by atoms with van der Waals surface area (Å²) in [6.07, 6.45) is -22.1. The summed E-state index contributed by atoms with van der Waals surface area (Å²) in [4.78, 5) is 82.4. The summed E-state index contributed by atoms with van der Waals surface area (Å²) in [7, 11) is 9.02. The highest BCUT2D eigenvalue weighted by molar-refractivity contribution is 5.84. The molecule has 2 heterocycles. The fourth-order valence-corrected chi connectivity index (χ4v) is 12.0. The molecule has 2 amide bonds. The molecule has 2 aromatic heterocycles. The van der Waals surface area contributed by atoms with Crippen molar-refractivity contribution in [1.29, 1.82) is 0 Å². The van der Waals surface area contributed by atoms with E-state index in [1.807, 2.05) is 0 Å². The number of ether oxygens (including phenoxy) is 3. The number of carbonyl (C=O) groups is 4. The van der Waals surface area contributed by atoms with E-state index in [-0.39, 0.29) is 102 Å². The Balaban J connectivity index is 0.000000374. The number of nitrogens with one attached hydrogen (secondary N) is 2. The van der Waals surface area contributed by atoms with Gasteiger partial charge in [-0.2, -0.15) is 52.7 Å². The maximum atomic E-state index is 16.8. The van der Waals surface area contributed by atoms with E-state index in [9.17, 15) is 86.6 Å². The van der Waals surface area contributed by atoms with Gasteiger partial charge in [-0.1, -0.05) is 39.8 Å². The molecule has 0 aliphatic heterocycles. The number of nitrogens with zero attached hydrogens (tertiary/aromatic N) is 4. The van der Waals surface area contributed by atoms with Crippen LogP contribution in [0.4, 0.5) is 70.2 Å². The smallest absolute Gasteiger partial charge is 0.419 e. The predicted molar refractivity (Wildman–Crippen MR) is 354 cm³/mol. The highest BCUT2D eigenvalue weighted by atomic mass is 19.4. The summed E-state index contributed by atoms with van der Waals surface area (Å²) in [5.74, 6) is -13.2. The number of carboxylic acids is 1. The second kappa shape index (κ2) is 34.8. The number of aryl methyl sites for hydroxylation is 2. The molecule has 16 nitrogen and oxygen atoms in total. The number of methoxy groups -OCH3 is 2. The molecule has 4 atom stereocenters. The van der Waals surface area contributed by atoms with Crippen LogP contribution in [0.25, 0.3) is 22.3 Å². The summed E-state index contributed by atoms with van der Waals surface area (Å²) in [5.41, 5.74) is -12.8. The first-order valence-corrected chi connectivity index (χ1v) is 32.4. The predicted octanol–water partition coefficient (Wildman–Crippen LogP) is 15.4. The zero-order chi connectivity index (χ0) is 78.9. The maximum absolute atomic E-state index is 16.8. The van der Waals surface area contributed by atoms with Gasteiger partial charge in [-0.25, -0.2) is 17.6 Å². The molecular weight excluding hydrogens is 1410 g/mol. The van der Waals surface area contributed by atoms with E-state index in [0.717, 1.165) is 17.0 Å². The van der Waals surface area contributed by atoms with Crippen molar-refractivity contribution in [2.45, 2.75) is 150 Å². The Morgan fingerprint density at radius 1 is 0.519 bits per heavy atom. The Morgan fingerprint density at radius 3 is 1.14 bits per heavy atom. The van der Waals surface area contributed by atoms with E-state index < -0.39 is 176 Å². The number of carboxylic acid groups (broad SMARTS) is 1. The van der Waals surface area contributed by atoms with E-state index in [1.54, 1.807) is 65.7 Å². The highest BCUT2D eigenvalue weighted by Crippen LogP contribution is 2.46. The van der Waals surface area contributed by atoms with Gasteiger partial charge in [-0.05, 0) is 169 Å². The van der Waals surface area contributed by atoms with E-state index in [2.05, 4.69) is 10.6 Å². The molecule has 4 aromatic carbocycles. The average Bonchev–Trinajstić information content (AvgIpc) is 0.758. The van der Waals surface area contributed by atoms with Crippen molar-refractivity contribution in [3.8, 4) is 33.8 Å². The van der Waals surface area contributed by atoms with Crippen molar-refractivity contribution in [3.05, 3.63) is 172 Å². The van der Waals surface area contributed by atoms with Crippen LogP contribution in [0.1, 0.15) is 151 Å². The van der Waals surface area contributed by atoms with Gasteiger partial charge in [0.05, 0.1) is 68.0 Å². The number of benzene rings is 4. The minimum atomic E-state index is -5.41. The van der Waals surface area contributed by atoms with Gasteiger partial charge in [-0.3, -0.25) is 28.8 Å². The first kappa shape index (κ1) is 85.7. The number of halogens is 16. The van der Waals surface area contributed by atoms with E-state index in [4.69, 9.17) is 14.2 Å². The second-order valence-corrected chi connectivity index (χ2v) is 26.2. The summed E-state index contributed by atoms with van der Waals surface area (Å²) >= 11 is 0. The van der Waals surface area contributed by atoms with Gasteiger partial charge in [-0.15, -0.1) is 0 Å². The van der Waals surface area contributed by atoms with Gasteiger partial charge in [0.2, 0.25) is 11.8 Å². The van der Waals surface area contributed by atoms with E-state index in [0.29, 0.717) is 28.3 Å². The van der Waals surface area contributed by atoms with Crippen molar-refractivity contribution >= 4 is 23.8 Å². The van der Waals surface area contributed by atoms with Crippen molar-refractivity contribution in [3.63, 3.8) is 0 Å². The summed E-state index contributed by atoms with van der Waals surface area (Å²) < 4.78 is 252. The van der Waals surface area contributed by atoms with E-state index >= 15 is 17.6 Å². The molecule has 0 bridgehead atoms. The number of amides is 2. The van der Waals surface area contributed by atoms with Crippen LogP contribution in [0.3, 0.4) is 0 Å². The number of hydrogen-bond acceptors (Lipinski definition) is 11. The Morgan fingerprint density at radius 2 is 0.856 bits per heavy atom. The maximum Gasteiger partial charge on any atom is 0.419 e. The van der Waals surface area contributed by atoms with Crippen LogP contribution < -0.4 is 31.2 Å². The molecular formula is C72H82F16N6O10. The van der Waals surface area contributed by atoms with Gasteiger partial charge >= 0.3 is 36.6 Å². The van der Waals surface area contributed by atoms with Crippen LogP contribution in [-0.2, 0) is 61.5 Å². The fourth-order valence-electron chi connectivity index (χ4n) is 12.0. The molecule has 32 heteroatoms. The zero-order valence-electron chi connectivity index (χ0n) is 59.6. The normalized spacial score (nSPS) is 13.4. The largest absolute Gasteiger partial charge is 0.496 e. The van der Waals surface area contributed by atoms with Crippen LogP contribution in [0, 0.1) is 62.8 Å². The highest BCUT2D eigenvalue weighted by Gasteiger charge is 2.44. The SMILES string of the molecule is CCOC(=O)C[C@H](NC(=O)C(CC(C)C)n1cc(CCN(C)C)c(C(F)(F)F)cc1=O)c1c(F)c(-c2c(C)ccc(OC)c2C)cc(C(F)(F)F)c1F.COc1ccc(C)c(-c2cc(C(F)(F)F)c(F)c([C@H](CC(=O)O)NC(=O)C(CC(C)C)n3cc(CCN(C)C)c(C(F)(F)F)cc3=O)c2F)c1C. The molecule has 6 aromatic rings. The Hall–Kier alpha value is -8.94. The summed E-state index contributed by atoms with van der Waals surface area (Å²) in [5, 5.41) is 14.1. The molecule has 2 unspecified atom stereocenters. The van der Waals surface area contributed by atoms with E-state index in [1.165, 1.54) is 73.1 Å². The molecule has 0 saturated carbocycles. The topological polar surface area (TPSA) is 191 Å². The Bertz CT molecular complexity index is 4240. The van der Waals surface area contributed by atoms with Crippen molar-refractivity contribution in [1.82, 2.24) is 29.6 Å². The number of aromatic nitrogens is 2. The number of hydrogen-bond donors (Lipinski definition) is 3. The average molecular weight is 1500 g/mol. The first-order chi connectivity index (χ1) is 48.0. The quantitative estimate of drug-likeness (QED) is 0.0327. The molecule has 0 saturated heterocycles.